The van der Waals surface area contributed by atoms with E-state index in [1.54, 1.807) is 0 Å². The summed E-state index contributed by atoms with van der Waals surface area (Å²) in [5, 5.41) is 7.90. The Morgan fingerprint density at radius 3 is 2.79 bits per heavy atom. The van der Waals surface area contributed by atoms with Gasteiger partial charge in [-0.2, -0.15) is 5.10 Å². The quantitative estimate of drug-likeness (QED) is 0.901. The van der Waals surface area contributed by atoms with Crippen LogP contribution in [-0.4, -0.2) is 39.9 Å². The predicted molar refractivity (Wildman–Crippen MR) is 79.6 cm³/mol. The van der Waals surface area contributed by atoms with E-state index in [2.05, 4.69) is 21.4 Å². The van der Waals surface area contributed by atoms with Gasteiger partial charge in [-0.25, -0.2) is 0 Å². The van der Waals surface area contributed by atoms with Crippen molar-refractivity contribution in [2.45, 2.75) is 44.2 Å². The number of hydrogen-bond acceptors (Lipinski definition) is 3. The van der Waals surface area contributed by atoms with E-state index in [1.807, 2.05) is 17.9 Å². The molecule has 19 heavy (non-hydrogen) atoms. The van der Waals surface area contributed by atoms with Crippen LogP contribution in [0.2, 0.25) is 0 Å². The molecule has 5 heteroatoms. The first-order chi connectivity index (χ1) is 8.80. The summed E-state index contributed by atoms with van der Waals surface area (Å²) in [6.07, 6.45) is 8.83. The normalized spacial score (nSPS) is 23.2. The lowest BCUT2D eigenvalue weighted by Crippen LogP contribution is -2.61. The van der Waals surface area contributed by atoms with Crippen molar-refractivity contribution in [1.82, 2.24) is 20.0 Å². The fourth-order valence-corrected chi connectivity index (χ4v) is 3.59. The Balaban J connectivity index is 0.00000133. The fraction of sp³-hybridized carbons (Fsp3) is 0.786. The molecule has 1 saturated heterocycles. The van der Waals surface area contributed by atoms with Crippen LogP contribution in [0.15, 0.2) is 12.3 Å². The van der Waals surface area contributed by atoms with E-state index < -0.39 is 0 Å². The monoisotopic (exact) mass is 284 g/mol. The van der Waals surface area contributed by atoms with Gasteiger partial charge >= 0.3 is 0 Å². The molecule has 1 aliphatic carbocycles. The van der Waals surface area contributed by atoms with Gasteiger partial charge in [-0.1, -0.05) is 19.3 Å². The van der Waals surface area contributed by atoms with Crippen molar-refractivity contribution in [2.24, 2.45) is 7.05 Å². The second kappa shape index (κ2) is 6.25. The molecule has 2 heterocycles. The molecule has 4 nitrogen and oxygen atoms in total. The van der Waals surface area contributed by atoms with Gasteiger partial charge in [0.1, 0.15) is 0 Å². The van der Waals surface area contributed by atoms with Crippen molar-refractivity contribution in [1.29, 1.82) is 0 Å². The lowest BCUT2D eigenvalue weighted by atomic mass is 9.79. The van der Waals surface area contributed by atoms with Crippen LogP contribution in [0.5, 0.6) is 0 Å². The Labute approximate surface area is 122 Å². The third-order valence-corrected chi connectivity index (χ3v) is 4.74. The van der Waals surface area contributed by atoms with Crippen molar-refractivity contribution >= 4 is 12.4 Å². The van der Waals surface area contributed by atoms with Crippen molar-refractivity contribution in [3.63, 3.8) is 0 Å². The van der Waals surface area contributed by atoms with E-state index in [9.17, 15) is 0 Å². The smallest absolute Gasteiger partial charge is 0.0521 e. The fourth-order valence-electron chi connectivity index (χ4n) is 3.59. The first-order valence-electron chi connectivity index (χ1n) is 7.23. The Kier molecular flexibility index (Phi) is 4.87. The highest BCUT2D eigenvalue weighted by atomic mass is 35.5. The Bertz CT molecular complexity index is 390. The first-order valence-corrected chi connectivity index (χ1v) is 7.23. The molecule has 1 saturated carbocycles. The molecule has 1 aliphatic heterocycles. The SMILES string of the molecule is Cl.Cn1nccc1CN1CCNCC12CCCCC2. The van der Waals surface area contributed by atoms with Crippen LogP contribution < -0.4 is 5.32 Å². The molecule has 108 valence electrons. The largest absolute Gasteiger partial charge is 0.314 e. The summed E-state index contributed by atoms with van der Waals surface area (Å²) in [5.74, 6) is 0. The molecular weight excluding hydrogens is 260 g/mol. The standard InChI is InChI=1S/C14H24N4.ClH/c1-17-13(5-8-16-17)11-18-10-9-15-12-14(18)6-3-2-4-7-14;/h5,8,15H,2-4,6-7,9-12H2,1H3;1H. The summed E-state index contributed by atoms with van der Waals surface area (Å²) in [5.41, 5.74) is 1.75. The van der Waals surface area contributed by atoms with Crippen LogP contribution in [0.4, 0.5) is 0 Å². The van der Waals surface area contributed by atoms with E-state index in [-0.39, 0.29) is 12.4 Å². The zero-order valence-corrected chi connectivity index (χ0v) is 12.6. The van der Waals surface area contributed by atoms with Gasteiger partial charge in [0.05, 0.1) is 5.69 Å². The van der Waals surface area contributed by atoms with Gasteiger partial charge in [0.25, 0.3) is 0 Å². The second-order valence-electron chi connectivity index (χ2n) is 5.83. The lowest BCUT2D eigenvalue weighted by Gasteiger charge is -2.50. The number of aromatic nitrogens is 2. The lowest BCUT2D eigenvalue weighted by molar-refractivity contribution is 0.0191. The topological polar surface area (TPSA) is 33.1 Å². The molecule has 1 N–H and O–H groups in total. The van der Waals surface area contributed by atoms with Crippen LogP contribution in [0.25, 0.3) is 0 Å². The van der Waals surface area contributed by atoms with E-state index >= 15 is 0 Å². The van der Waals surface area contributed by atoms with Crippen LogP contribution >= 0.6 is 12.4 Å². The molecule has 0 unspecified atom stereocenters. The molecule has 0 amide bonds. The number of nitrogens with one attached hydrogen (secondary N) is 1. The van der Waals surface area contributed by atoms with Crippen LogP contribution in [-0.2, 0) is 13.6 Å². The highest BCUT2D eigenvalue weighted by Gasteiger charge is 2.39. The summed E-state index contributed by atoms with van der Waals surface area (Å²) in [6, 6.07) is 2.15. The maximum atomic E-state index is 4.29. The third-order valence-electron chi connectivity index (χ3n) is 4.74. The molecule has 0 bridgehead atoms. The predicted octanol–water partition coefficient (Wildman–Crippen LogP) is 1.95. The number of aryl methyl sites for hydroxylation is 1. The summed E-state index contributed by atoms with van der Waals surface area (Å²) < 4.78 is 2.01. The van der Waals surface area contributed by atoms with Gasteiger partial charge in [0.15, 0.2) is 0 Å². The first kappa shape index (κ1) is 14.8. The maximum absolute atomic E-state index is 4.29. The number of piperazine rings is 1. The van der Waals surface area contributed by atoms with Gasteiger partial charge in [0.2, 0.25) is 0 Å². The Hall–Kier alpha value is -0.580. The average molecular weight is 285 g/mol. The Morgan fingerprint density at radius 2 is 2.11 bits per heavy atom. The highest BCUT2D eigenvalue weighted by molar-refractivity contribution is 5.85. The van der Waals surface area contributed by atoms with E-state index in [4.69, 9.17) is 0 Å². The maximum Gasteiger partial charge on any atom is 0.0521 e. The molecule has 2 aliphatic rings. The summed E-state index contributed by atoms with van der Waals surface area (Å²) in [4.78, 5) is 2.71. The number of rotatable bonds is 2. The van der Waals surface area contributed by atoms with Gasteiger partial charge < -0.3 is 5.32 Å². The van der Waals surface area contributed by atoms with Crippen molar-refractivity contribution in [2.75, 3.05) is 19.6 Å². The summed E-state index contributed by atoms with van der Waals surface area (Å²) in [6.45, 7) is 4.52. The average Bonchev–Trinajstić information content (AvgIpc) is 2.79. The zero-order valence-electron chi connectivity index (χ0n) is 11.8. The Morgan fingerprint density at radius 1 is 1.32 bits per heavy atom. The van der Waals surface area contributed by atoms with Gasteiger partial charge in [-0.05, 0) is 18.9 Å². The molecule has 1 aromatic heterocycles. The molecule has 0 atom stereocenters. The summed E-state index contributed by atoms with van der Waals surface area (Å²) in [7, 11) is 2.05. The van der Waals surface area contributed by atoms with Crippen molar-refractivity contribution < 1.29 is 0 Å². The molecule has 0 radical (unpaired) electrons. The van der Waals surface area contributed by atoms with Gasteiger partial charge in [0, 0.05) is 45.0 Å². The molecule has 2 fully saturated rings. The van der Waals surface area contributed by atoms with Crippen LogP contribution in [0, 0.1) is 0 Å². The van der Waals surface area contributed by atoms with Gasteiger partial charge in [-0.3, -0.25) is 9.58 Å². The third kappa shape index (κ3) is 2.96. The molecule has 1 aromatic rings. The number of nitrogens with zero attached hydrogens (tertiary/aromatic N) is 3. The van der Waals surface area contributed by atoms with E-state index in [1.165, 1.54) is 50.9 Å². The van der Waals surface area contributed by atoms with Crippen molar-refractivity contribution in [3.8, 4) is 0 Å². The van der Waals surface area contributed by atoms with E-state index in [0.717, 1.165) is 13.1 Å². The molecule has 1 spiro atoms. The molecular formula is C14H25ClN4. The molecule has 3 rings (SSSR count). The van der Waals surface area contributed by atoms with Crippen LogP contribution in [0.3, 0.4) is 0 Å². The highest BCUT2D eigenvalue weighted by Crippen LogP contribution is 2.35. The second-order valence-corrected chi connectivity index (χ2v) is 5.83. The van der Waals surface area contributed by atoms with Crippen molar-refractivity contribution in [3.05, 3.63) is 18.0 Å². The van der Waals surface area contributed by atoms with E-state index in [0.29, 0.717) is 5.54 Å². The zero-order chi connectivity index (χ0) is 12.4. The van der Waals surface area contributed by atoms with Gasteiger partial charge in [-0.15, -0.1) is 12.4 Å². The molecule has 0 aromatic carbocycles. The number of halogens is 1. The van der Waals surface area contributed by atoms with Crippen LogP contribution in [0.1, 0.15) is 37.8 Å². The minimum Gasteiger partial charge on any atom is -0.314 e. The minimum absolute atomic E-state index is 0. The number of hydrogen-bond donors (Lipinski definition) is 1. The minimum atomic E-state index is 0. The summed E-state index contributed by atoms with van der Waals surface area (Å²) >= 11 is 0.